The fourth-order valence-electron chi connectivity index (χ4n) is 2.15. The maximum Gasteiger partial charge on any atom is 0.191 e. The van der Waals surface area contributed by atoms with Gasteiger partial charge in [-0.25, -0.2) is 0 Å². The van der Waals surface area contributed by atoms with E-state index in [4.69, 9.17) is 9.47 Å². The molecule has 0 spiro atoms. The third kappa shape index (κ3) is 9.32. The van der Waals surface area contributed by atoms with Crippen molar-refractivity contribution >= 4 is 29.9 Å². The highest BCUT2D eigenvalue weighted by Crippen LogP contribution is 2.28. The maximum absolute atomic E-state index is 5.83. The van der Waals surface area contributed by atoms with Crippen LogP contribution in [-0.4, -0.2) is 45.4 Å². The van der Waals surface area contributed by atoms with Gasteiger partial charge in [0.25, 0.3) is 0 Å². The van der Waals surface area contributed by atoms with Gasteiger partial charge in [-0.05, 0) is 44.2 Å². The molecule has 0 aromatic heterocycles. The smallest absolute Gasteiger partial charge is 0.191 e. The summed E-state index contributed by atoms with van der Waals surface area (Å²) in [5.74, 6) is 2.52. The molecule has 2 N–H and O–H groups in total. The Kier molecular flexibility index (Phi) is 10.8. The van der Waals surface area contributed by atoms with Crippen molar-refractivity contribution in [2.75, 3.05) is 33.4 Å². The molecule has 0 heterocycles. The fraction of sp³-hybridized carbons (Fsp3) is 0.611. The molecule has 0 aliphatic heterocycles. The summed E-state index contributed by atoms with van der Waals surface area (Å²) in [6, 6.07) is 9.86. The molecule has 0 saturated heterocycles. The van der Waals surface area contributed by atoms with E-state index in [-0.39, 0.29) is 30.1 Å². The largest absolute Gasteiger partial charge is 0.489 e. The maximum atomic E-state index is 5.83. The van der Waals surface area contributed by atoms with Crippen LogP contribution in [0.4, 0.5) is 0 Å². The number of benzene rings is 1. The van der Waals surface area contributed by atoms with Crippen molar-refractivity contribution in [1.29, 1.82) is 0 Å². The topological polar surface area (TPSA) is 54.9 Å². The molecule has 24 heavy (non-hydrogen) atoms. The molecule has 0 amide bonds. The standard InChI is InChI=1S/C18H29N3O2.HI/c1-15(23-17-7-4-3-5-8-17)13-21-18(19-2)20-11-6-12-22-14-16-9-10-16;/h3-5,7-8,15-16H,6,9-14H2,1-2H3,(H2,19,20,21);1H. The van der Waals surface area contributed by atoms with Crippen LogP contribution in [0.1, 0.15) is 26.2 Å². The predicted molar refractivity (Wildman–Crippen MR) is 109 cm³/mol. The lowest BCUT2D eigenvalue weighted by atomic mass is 10.3. The van der Waals surface area contributed by atoms with E-state index in [0.29, 0.717) is 6.54 Å². The molecule has 1 fully saturated rings. The lowest BCUT2D eigenvalue weighted by Gasteiger charge is -2.17. The molecule has 0 bridgehead atoms. The summed E-state index contributed by atoms with van der Waals surface area (Å²) < 4.78 is 11.4. The minimum absolute atomic E-state index is 0. The molecule has 2 rings (SSSR count). The quantitative estimate of drug-likeness (QED) is 0.251. The molecule has 1 aliphatic rings. The third-order valence-corrected chi connectivity index (χ3v) is 3.67. The second kappa shape index (κ2) is 12.4. The highest BCUT2D eigenvalue weighted by Gasteiger charge is 2.20. The highest BCUT2D eigenvalue weighted by atomic mass is 127. The number of nitrogens with one attached hydrogen (secondary N) is 2. The number of para-hydroxylation sites is 1. The molecule has 136 valence electrons. The van der Waals surface area contributed by atoms with E-state index in [1.807, 2.05) is 37.3 Å². The highest BCUT2D eigenvalue weighted by molar-refractivity contribution is 14.0. The van der Waals surface area contributed by atoms with Gasteiger partial charge in [0.1, 0.15) is 11.9 Å². The van der Waals surface area contributed by atoms with Crippen LogP contribution in [0.2, 0.25) is 0 Å². The predicted octanol–water partition coefficient (Wildman–Crippen LogP) is 3.05. The molecule has 6 heteroatoms. The number of ether oxygens (including phenoxy) is 2. The van der Waals surface area contributed by atoms with Gasteiger partial charge in [0, 0.05) is 26.8 Å². The van der Waals surface area contributed by atoms with Crippen molar-refractivity contribution in [1.82, 2.24) is 10.6 Å². The summed E-state index contributed by atoms with van der Waals surface area (Å²) in [6.07, 6.45) is 3.75. The van der Waals surface area contributed by atoms with Gasteiger partial charge >= 0.3 is 0 Å². The molecule has 1 saturated carbocycles. The normalized spacial score (nSPS) is 15.3. The molecule has 1 aliphatic carbocycles. The molecule has 1 unspecified atom stereocenters. The lowest BCUT2D eigenvalue weighted by molar-refractivity contribution is 0.123. The van der Waals surface area contributed by atoms with E-state index in [2.05, 4.69) is 15.6 Å². The Balaban J connectivity index is 0.00000288. The van der Waals surface area contributed by atoms with Crippen LogP contribution < -0.4 is 15.4 Å². The van der Waals surface area contributed by atoms with E-state index in [0.717, 1.165) is 43.8 Å². The van der Waals surface area contributed by atoms with Crippen LogP contribution in [0.15, 0.2) is 35.3 Å². The Hall–Kier alpha value is -1.02. The van der Waals surface area contributed by atoms with E-state index >= 15 is 0 Å². The number of hydrogen-bond donors (Lipinski definition) is 2. The molecule has 0 radical (unpaired) electrons. The van der Waals surface area contributed by atoms with Crippen LogP contribution in [0.3, 0.4) is 0 Å². The van der Waals surface area contributed by atoms with Crippen molar-refractivity contribution in [2.45, 2.75) is 32.3 Å². The Morgan fingerprint density at radius 1 is 1.25 bits per heavy atom. The van der Waals surface area contributed by atoms with Crippen molar-refractivity contribution in [3.05, 3.63) is 30.3 Å². The van der Waals surface area contributed by atoms with Gasteiger partial charge in [-0.3, -0.25) is 4.99 Å². The SMILES string of the molecule is CN=C(NCCCOCC1CC1)NCC(C)Oc1ccccc1.I. The summed E-state index contributed by atoms with van der Waals surface area (Å²) >= 11 is 0. The van der Waals surface area contributed by atoms with Crippen LogP contribution >= 0.6 is 24.0 Å². The third-order valence-electron chi connectivity index (χ3n) is 3.67. The van der Waals surface area contributed by atoms with Crippen LogP contribution in [0.5, 0.6) is 5.75 Å². The Morgan fingerprint density at radius 3 is 2.67 bits per heavy atom. The number of guanidine groups is 1. The summed E-state index contributed by atoms with van der Waals surface area (Å²) in [6.45, 7) is 5.35. The van der Waals surface area contributed by atoms with Crippen LogP contribution in [0, 0.1) is 5.92 Å². The minimum Gasteiger partial charge on any atom is -0.489 e. The van der Waals surface area contributed by atoms with Gasteiger partial charge in [0.05, 0.1) is 6.54 Å². The zero-order valence-corrected chi connectivity index (χ0v) is 17.0. The van der Waals surface area contributed by atoms with Gasteiger partial charge in [0.2, 0.25) is 0 Å². The first-order chi connectivity index (χ1) is 11.3. The second-order valence-electron chi connectivity index (χ2n) is 5.99. The van der Waals surface area contributed by atoms with E-state index in [1.54, 1.807) is 7.05 Å². The summed E-state index contributed by atoms with van der Waals surface area (Å²) in [7, 11) is 1.78. The number of rotatable bonds is 10. The molecule has 1 aromatic rings. The molecular formula is C18H30IN3O2. The van der Waals surface area contributed by atoms with Crippen LogP contribution in [-0.2, 0) is 4.74 Å². The minimum atomic E-state index is 0. The van der Waals surface area contributed by atoms with Crippen molar-refractivity contribution in [3.63, 3.8) is 0 Å². The first-order valence-electron chi connectivity index (χ1n) is 8.52. The molecule has 1 atom stereocenters. The number of halogens is 1. The van der Waals surface area contributed by atoms with Crippen molar-refractivity contribution in [3.8, 4) is 5.75 Å². The van der Waals surface area contributed by atoms with Gasteiger partial charge in [-0.1, -0.05) is 18.2 Å². The average molecular weight is 447 g/mol. The lowest BCUT2D eigenvalue weighted by Crippen LogP contribution is -2.42. The summed E-state index contributed by atoms with van der Waals surface area (Å²) in [5, 5.41) is 6.58. The van der Waals surface area contributed by atoms with E-state index in [9.17, 15) is 0 Å². The molecule has 5 nitrogen and oxygen atoms in total. The summed E-state index contributed by atoms with van der Waals surface area (Å²) in [4.78, 5) is 4.22. The number of nitrogens with zero attached hydrogens (tertiary/aromatic N) is 1. The Bertz CT molecular complexity index is 467. The van der Waals surface area contributed by atoms with Crippen LogP contribution in [0.25, 0.3) is 0 Å². The summed E-state index contributed by atoms with van der Waals surface area (Å²) in [5.41, 5.74) is 0. The van der Waals surface area contributed by atoms with E-state index < -0.39 is 0 Å². The number of aliphatic imine (C=N–C) groups is 1. The van der Waals surface area contributed by atoms with Crippen molar-refractivity contribution < 1.29 is 9.47 Å². The van der Waals surface area contributed by atoms with Gasteiger partial charge in [-0.15, -0.1) is 24.0 Å². The first-order valence-corrected chi connectivity index (χ1v) is 8.52. The second-order valence-corrected chi connectivity index (χ2v) is 5.99. The zero-order chi connectivity index (χ0) is 16.3. The fourth-order valence-corrected chi connectivity index (χ4v) is 2.15. The Morgan fingerprint density at radius 2 is 2.00 bits per heavy atom. The number of hydrogen-bond acceptors (Lipinski definition) is 3. The monoisotopic (exact) mass is 447 g/mol. The molecular weight excluding hydrogens is 417 g/mol. The Labute approximate surface area is 162 Å². The molecule has 1 aromatic carbocycles. The average Bonchev–Trinajstić information content (AvgIpc) is 3.38. The zero-order valence-electron chi connectivity index (χ0n) is 14.7. The first kappa shape index (κ1) is 21.0. The van der Waals surface area contributed by atoms with E-state index in [1.165, 1.54) is 12.8 Å². The van der Waals surface area contributed by atoms with Crippen molar-refractivity contribution in [2.24, 2.45) is 10.9 Å². The van der Waals surface area contributed by atoms with Gasteiger partial charge in [0.15, 0.2) is 5.96 Å². The van der Waals surface area contributed by atoms with Gasteiger partial charge in [-0.2, -0.15) is 0 Å². The van der Waals surface area contributed by atoms with Gasteiger partial charge < -0.3 is 20.1 Å².